The van der Waals surface area contributed by atoms with Crippen molar-refractivity contribution in [1.82, 2.24) is 24.6 Å². The lowest BCUT2D eigenvalue weighted by atomic mass is 9.60. The van der Waals surface area contributed by atoms with Gasteiger partial charge in [0.2, 0.25) is 0 Å². The Hall–Kier alpha value is -2.58. The Morgan fingerprint density at radius 2 is 2.08 bits per heavy atom. The Bertz CT molecular complexity index is 1280. The van der Waals surface area contributed by atoms with E-state index in [0.717, 1.165) is 48.5 Å². The van der Waals surface area contributed by atoms with Crippen molar-refractivity contribution in [2.45, 2.75) is 76.9 Å². The third-order valence-electron chi connectivity index (χ3n) is 8.72. The van der Waals surface area contributed by atoms with Crippen LogP contribution in [0.2, 0.25) is 5.02 Å². The number of rotatable bonds is 4. The van der Waals surface area contributed by atoms with Gasteiger partial charge in [-0.15, -0.1) is 0 Å². The minimum Gasteiger partial charge on any atom is -0.452 e. The topological polar surface area (TPSA) is 77.2 Å². The van der Waals surface area contributed by atoms with Crippen LogP contribution in [0.15, 0.2) is 24.5 Å². The van der Waals surface area contributed by atoms with Gasteiger partial charge in [0, 0.05) is 29.8 Å². The number of piperidine rings is 1. The maximum absolute atomic E-state index is 12.6. The Kier molecular flexibility index (Phi) is 5.99. The van der Waals surface area contributed by atoms with Crippen molar-refractivity contribution in [2.24, 2.45) is 5.41 Å². The van der Waals surface area contributed by atoms with Crippen LogP contribution >= 0.6 is 11.6 Å². The van der Waals surface area contributed by atoms with Gasteiger partial charge in [-0.1, -0.05) is 18.5 Å². The fraction of sp³-hybridized carbons (Fsp3) is 0.593. The number of halogens is 1. The van der Waals surface area contributed by atoms with Crippen molar-refractivity contribution in [1.29, 1.82) is 0 Å². The summed E-state index contributed by atoms with van der Waals surface area (Å²) in [5.74, 6) is 1.26. The molecular formula is C27H35ClN6O2. The van der Waals surface area contributed by atoms with E-state index in [2.05, 4.69) is 41.0 Å². The van der Waals surface area contributed by atoms with E-state index in [-0.39, 0.29) is 18.1 Å². The maximum atomic E-state index is 12.6. The van der Waals surface area contributed by atoms with Gasteiger partial charge in [0.15, 0.2) is 0 Å². The Balaban J connectivity index is 1.43. The van der Waals surface area contributed by atoms with Crippen LogP contribution in [0.5, 0.6) is 0 Å². The summed E-state index contributed by atoms with van der Waals surface area (Å²) in [5.41, 5.74) is 4.76. The van der Waals surface area contributed by atoms with Crippen LogP contribution in [-0.4, -0.2) is 51.7 Å². The highest BCUT2D eigenvalue weighted by Crippen LogP contribution is 2.55. The molecule has 0 unspecified atom stereocenters. The number of benzene rings is 1. The predicted octanol–water partition coefficient (Wildman–Crippen LogP) is 5.30. The molecule has 192 valence electrons. The van der Waals surface area contributed by atoms with E-state index in [4.69, 9.17) is 21.3 Å². The molecule has 1 saturated heterocycles. The number of fused-ring (bicyclic) bond motifs is 3. The summed E-state index contributed by atoms with van der Waals surface area (Å²) in [7, 11) is 1.45. The number of anilines is 1. The lowest BCUT2D eigenvalue weighted by molar-refractivity contribution is 0.0289. The molecule has 1 saturated carbocycles. The summed E-state index contributed by atoms with van der Waals surface area (Å²) in [6, 6.07) is 4.81. The first kappa shape index (κ1) is 23.8. The molecule has 6 rings (SSSR count). The number of methoxy groups -OCH3 is 1. The first-order valence-corrected chi connectivity index (χ1v) is 13.6. The zero-order valence-corrected chi connectivity index (χ0v) is 22.1. The lowest BCUT2D eigenvalue weighted by Gasteiger charge is -2.51. The van der Waals surface area contributed by atoms with E-state index in [0.29, 0.717) is 23.0 Å². The van der Waals surface area contributed by atoms with Gasteiger partial charge in [0.1, 0.15) is 5.82 Å². The second-order valence-corrected chi connectivity index (χ2v) is 11.5. The number of aromatic nitrogens is 4. The number of amides is 1. The molecule has 3 aromatic rings. The average molecular weight is 511 g/mol. The molecule has 2 atom stereocenters. The van der Waals surface area contributed by atoms with Crippen molar-refractivity contribution in [3.8, 4) is 0 Å². The van der Waals surface area contributed by atoms with Crippen LogP contribution in [0.3, 0.4) is 0 Å². The number of aryl methyl sites for hydroxylation is 1. The molecule has 1 aliphatic carbocycles. The number of hydrogen-bond donors (Lipinski definition) is 1. The zero-order valence-electron chi connectivity index (χ0n) is 21.3. The van der Waals surface area contributed by atoms with Gasteiger partial charge in [-0.05, 0) is 76.1 Å². The van der Waals surface area contributed by atoms with E-state index in [9.17, 15) is 4.79 Å². The van der Waals surface area contributed by atoms with Crippen molar-refractivity contribution in [3.63, 3.8) is 0 Å². The van der Waals surface area contributed by atoms with Crippen LogP contribution in [-0.2, 0) is 17.7 Å². The van der Waals surface area contributed by atoms with Crippen molar-refractivity contribution >= 4 is 34.4 Å². The fourth-order valence-corrected chi connectivity index (χ4v) is 6.97. The number of imidazole rings is 1. The summed E-state index contributed by atoms with van der Waals surface area (Å²) in [4.78, 5) is 19.7. The lowest BCUT2D eigenvalue weighted by Crippen LogP contribution is -2.46. The Labute approximate surface area is 216 Å². The van der Waals surface area contributed by atoms with E-state index in [1.165, 1.54) is 38.3 Å². The smallest absolute Gasteiger partial charge is 0.414 e. The number of carbonyl (C=O) groups excluding carboxylic acids is 1. The minimum absolute atomic E-state index is 0.0962. The van der Waals surface area contributed by atoms with Gasteiger partial charge >= 0.3 is 6.09 Å². The number of nitrogens with zero attached hydrogens (tertiary/aromatic N) is 5. The number of ether oxygens (including phenoxy) is 1. The summed E-state index contributed by atoms with van der Waals surface area (Å²) in [5, 5.41) is 8.58. The van der Waals surface area contributed by atoms with Gasteiger partial charge < -0.3 is 14.6 Å². The first-order chi connectivity index (χ1) is 17.4. The van der Waals surface area contributed by atoms with Gasteiger partial charge in [-0.3, -0.25) is 9.58 Å². The largest absolute Gasteiger partial charge is 0.452 e. The predicted molar refractivity (Wildman–Crippen MR) is 141 cm³/mol. The zero-order chi connectivity index (χ0) is 25.0. The van der Waals surface area contributed by atoms with Crippen molar-refractivity contribution in [3.05, 3.63) is 40.9 Å². The molecule has 0 bridgehead atoms. The molecule has 4 heterocycles. The Morgan fingerprint density at radius 3 is 2.78 bits per heavy atom. The van der Waals surface area contributed by atoms with Crippen molar-refractivity contribution in [2.75, 3.05) is 25.1 Å². The number of hydrogen-bond acceptors (Lipinski definition) is 5. The maximum Gasteiger partial charge on any atom is 0.414 e. The standard InChI is InChI=1S/C27H35ClN6O2/c1-17(15-32-16-19(28)14-30-32)25-31-24-21-5-4-18(2)33(26(35)36-3)22(21)6-7-23(24)34(25)20-12-27(13-20)8-10-29-11-9-27/h6-7,14,16-18,20,29H,4-5,8-13,15H2,1-3H3/t17-,18-/m0/s1. The molecular weight excluding hydrogens is 476 g/mol. The quantitative estimate of drug-likeness (QED) is 0.515. The summed E-state index contributed by atoms with van der Waals surface area (Å²) >= 11 is 6.14. The molecule has 8 nitrogen and oxygen atoms in total. The number of nitrogens with one attached hydrogen (secondary N) is 1. The average Bonchev–Trinajstić information content (AvgIpc) is 3.45. The van der Waals surface area contributed by atoms with E-state index in [1.54, 1.807) is 11.1 Å². The minimum atomic E-state index is -0.307. The highest BCUT2D eigenvalue weighted by Gasteiger charge is 2.46. The van der Waals surface area contributed by atoms with Gasteiger partial charge in [-0.25, -0.2) is 9.78 Å². The van der Waals surface area contributed by atoms with Crippen LogP contribution in [0.4, 0.5) is 10.5 Å². The van der Waals surface area contributed by atoms with Crippen LogP contribution < -0.4 is 10.2 Å². The Morgan fingerprint density at radius 1 is 1.31 bits per heavy atom. The van der Waals surface area contributed by atoms with Gasteiger partial charge in [-0.2, -0.15) is 5.10 Å². The molecule has 3 aliphatic rings. The van der Waals surface area contributed by atoms with Crippen molar-refractivity contribution < 1.29 is 9.53 Å². The molecule has 1 aromatic carbocycles. The van der Waals surface area contributed by atoms with Gasteiger partial charge in [0.25, 0.3) is 0 Å². The van der Waals surface area contributed by atoms with E-state index in [1.807, 2.05) is 10.9 Å². The SMILES string of the molecule is COC(=O)N1c2ccc3c(nc([C@@H](C)Cn4cc(Cl)cn4)n3C3CC4(CCNCC4)C3)c2CC[C@@H]1C. The molecule has 1 N–H and O–H groups in total. The summed E-state index contributed by atoms with van der Waals surface area (Å²) in [6.45, 7) is 7.26. The molecule has 1 spiro atoms. The molecule has 9 heteroatoms. The molecule has 2 aliphatic heterocycles. The first-order valence-electron chi connectivity index (χ1n) is 13.2. The fourth-order valence-electron chi connectivity index (χ4n) is 6.81. The summed E-state index contributed by atoms with van der Waals surface area (Å²) < 4.78 is 9.55. The molecule has 2 aromatic heterocycles. The van der Waals surface area contributed by atoms with Crippen LogP contribution in [0.1, 0.15) is 69.3 Å². The molecule has 36 heavy (non-hydrogen) atoms. The molecule has 2 fully saturated rings. The second kappa shape index (κ2) is 9.06. The monoisotopic (exact) mass is 510 g/mol. The highest BCUT2D eigenvalue weighted by molar-refractivity contribution is 6.30. The van der Waals surface area contributed by atoms with E-state index < -0.39 is 0 Å². The normalized spacial score (nSPS) is 22.4. The third kappa shape index (κ3) is 3.89. The van der Waals surface area contributed by atoms with E-state index >= 15 is 0 Å². The molecule has 1 amide bonds. The number of carbonyl (C=O) groups is 1. The van der Waals surface area contributed by atoms with Gasteiger partial charge in [0.05, 0.1) is 41.6 Å². The molecule has 0 radical (unpaired) electrons. The highest BCUT2D eigenvalue weighted by atomic mass is 35.5. The van der Waals surface area contributed by atoms with Crippen LogP contribution in [0, 0.1) is 5.41 Å². The summed E-state index contributed by atoms with van der Waals surface area (Å²) in [6.07, 6.45) is 9.97. The second-order valence-electron chi connectivity index (χ2n) is 11.1. The van der Waals surface area contributed by atoms with Crippen LogP contribution in [0.25, 0.3) is 11.0 Å². The third-order valence-corrected chi connectivity index (χ3v) is 8.92.